The van der Waals surface area contributed by atoms with Crippen molar-refractivity contribution in [2.45, 2.75) is 19.3 Å². The van der Waals surface area contributed by atoms with E-state index in [0.29, 0.717) is 37.8 Å². The lowest BCUT2D eigenvalue weighted by atomic mass is 9.83. The number of nitriles is 1. The summed E-state index contributed by atoms with van der Waals surface area (Å²) >= 11 is 0. The largest absolute Gasteiger partial charge is 0.378 e. The molecule has 2 saturated heterocycles. The third kappa shape index (κ3) is 3.33. The van der Waals surface area contributed by atoms with Gasteiger partial charge in [0.2, 0.25) is 5.91 Å². The van der Waals surface area contributed by atoms with Crippen molar-refractivity contribution in [3.8, 4) is 6.07 Å². The smallest absolute Gasteiger partial charge is 0.247 e. The molecule has 0 radical (unpaired) electrons. The van der Waals surface area contributed by atoms with Gasteiger partial charge in [0.15, 0.2) is 0 Å². The molecule has 0 spiro atoms. The third-order valence-electron chi connectivity index (χ3n) is 6.11. The number of amides is 1. The first kappa shape index (κ1) is 18.8. The summed E-state index contributed by atoms with van der Waals surface area (Å²) in [6.45, 7) is 3.56. The lowest BCUT2D eigenvalue weighted by Crippen LogP contribution is -2.36. The molecule has 0 aromatic carbocycles. The van der Waals surface area contributed by atoms with Crippen molar-refractivity contribution in [2.75, 3.05) is 48.0 Å². The number of morpholine rings is 1. The molecule has 2 aliphatic heterocycles. The van der Waals surface area contributed by atoms with Gasteiger partial charge >= 0.3 is 0 Å². The van der Waals surface area contributed by atoms with Gasteiger partial charge in [-0.2, -0.15) is 5.26 Å². The van der Waals surface area contributed by atoms with Crippen LogP contribution in [0.2, 0.25) is 0 Å². The second-order valence-corrected chi connectivity index (χ2v) is 7.95. The van der Waals surface area contributed by atoms with Crippen LogP contribution in [0.5, 0.6) is 0 Å². The Labute approximate surface area is 174 Å². The number of nitrogens with one attached hydrogen (secondary N) is 1. The zero-order valence-corrected chi connectivity index (χ0v) is 16.6. The highest BCUT2D eigenvalue weighted by Crippen LogP contribution is 2.51. The molecular weight excluding hydrogens is 382 g/mol. The van der Waals surface area contributed by atoms with Gasteiger partial charge in [-0.15, -0.1) is 0 Å². The van der Waals surface area contributed by atoms with Gasteiger partial charge in [-0.05, 0) is 31.2 Å². The molecular formula is C21H23N7O2. The summed E-state index contributed by atoms with van der Waals surface area (Å²) in [6.07, 6.45) is 7.59. The van der Waals surface area contributed by atoms with Gasteiger partial charge in [0.05, 0.1) is 31.7 Å². The number of pyridine rings is 1. The molecule has 0 unspecified atom stereocenters. The quantitative estimate of drug-likeness (QED) is 0.806. The molecule has 0 bridgehead atoms. The molecule has 9 heteroatoms. The molecule has 2 aromatic rings. The van der Waals surface area contributed by atoms with Crippen molar-refractivity contribution in [1.82, 2.24) is 15.0 Å². The van der Waals surface area contributed by atoms with E-state index in [0.717, 1.165) is 37.4 Å². The minimum absolute atomic E-state index is 0.0840. The number of rotatable bonds is 5. The van der Waals surface area contributed by atoms with Gasteiger partial charge in [0.1, 0.15) is 22.9 Å². The van der Waals surface area contributed by atoms with Gasteiger partial charge in [0, 0.05) is 37.6 Å². The lowest BCUT2D eigenvalue weighted by molar-refractivity contribution is -0.123. The Morgan fingerprint density at radius 1 is 1.13 bits per heavy atom. The summed E-state index contributed by atoms with van der Waals surface area (Å²) in [5.41, 5.74) is -0.106. The van der Waals surface area contributed by atoms with Gasteiger partial charge in [-0.3, -0.25) is 4.79 Å². The van der Waals surface area contributed by atoms with Crippen molar-refractivity contribution in [3.63, 3.8) is 0 Å². The van der Waals surface area contributed by atoms with E-state index in [4.69, 9.17) is 4.74 Å². The molecule has 3 fully saturated rings. The monoisotopic (exact) mass is 405 g/mol. The maximum atomic E-state index is 13.0. The molecule has 1 aliphatic carbocycles. The van der Waals surface area contributed by atoms with E-state index < -0.39 is 5.41 Å². The molecule has 4 heterocycles. The molecule has 3 aliphatic rings. The maximum Gasteiger partial charge on any atom is 0.247 e. The highest BCUT2D eigenvalue weighted by atomic mass is 16.5. The van der Waals surface area contributed by atoms with E-state index in [1.165, 1.54) is 0 Å². The van der Waals surface area contributed by atoms with E-state index in [9.17, 15) is 10.1 Å². The Kier molecular flexibility index (Phi) is 4.71. The van der Waals surface area contributed by atoms with Crippen molar-refractivity contribution in [1.29, 1.82) is 5.26 Å². The fourth-order valence-corrected chi connectivity index (χ4v) is 4.26. The van der Waals surface area contributed by atoms with E-state index >= 15 is 0 Å². The minimum atomic E-state index is -0.850. The van der Waals surface area contributed by atoms with Crippen molar-refractivity contribution in [2.24, 2.45) is 11.3 Å². The first-order chi connectivity index (χ1) is 14.7. The minimum Gasteiger partial charge on any atom is -0.378 e. The van der Waals surface area contributed by atoms with E-state index in [-0.39, 0.29) is 11.8 Å². The van der Waals surface area contributed by atoms with Crippen LogP contribution in [-0.2, 0) is 9.53 Å². The standard InChI is InChI=1S/C21H23N7O2/c22-14-21(15-1-2-15)4-6-28(20(21)29)16-3-5-23-17(11-16)26-18-12-25-19(13-24-18)27-7-9-30-10-8-27/h3,5,11-13,15H,1-2,4,6-10H2,(H,23,24,26)/t21-/m1/s1. The summed E-state index contributed by atoms with van der Waals surface area (Å²) in [5.74, 6) is 2.10. The number of nitrogens with zero attached hydrogens (tertiary/aromatic N) is 6. The van der Waals surface area contributed by atoms with Crippen LogP contribution in [0.25, 0.3) is 0 Å². The van der Waals surface area contributed by atoms with Gasteiger partial charge in [0.25, 0.3) is 0 Å². The second-order valence-electron chi connectivity index (χ2n) is 7.95. The predicted octanol–water partition coefficient (Wildman–Crippen LogP) is 2.11. The normalized spacial score (nSPS) is 24.0. The van der Waals surface area contributed by atoms with Gasteiger partial charge < -0.3 is 19.9 Å². The van der Waals surface area contributed by atoms with Crippen molar-refractivity contribution < 1.29 is 9.53 Å². The van der Waals surface area contributed by atoms with Crippen LogP contribution in [0.1, 0.15) is 19.3 Å². The van der Waals surface area contributed by atoms with E-state index in [1.54, 1.807) is 29.6 Å². The highest BCUT2D eigenvalue weighted by molar-refractivity contribution is 6.02. The number of carbonyl (C=O) groups excluding carboxylic acids is 1. The Morgan fingerprint density at radius 2 is 1.97 bits per heavy atom. The average molecular weight is 405 g/mol. The highest BCUT2D eigenvalue weighted by Gasteiger charge is 2.56. The van der Waals surface area contributed by atoms with Crippen LogP contribution in [0.15, 0.2) is 30.7 Å². The van der Waals surface area contributed by atoms with Crippen LogP contribution in [0, 0.1) is 22.7 Å². The number of hydrogen-bond donors (Lipinski definition) is 1. The third-order valence-corrected chi connectivity index (χ3v) is 6.11. The molecule has 2 aromatic heterocycles. The Hall–Kier alpha value is -3.25. The molecule has 1 atom stereocenters. The number of aromatic nitrogens is 3. The predicted molar refractivity (Wildman–Crippen MR) is 110 cm³/mol. The lowest BCUT2D eigenvalue weighted by Gasteiger charge is -2.27. The molecule has 5 rings (SSSR count). The molecule has 154 valence electrons. The molecule has 1 N–H and O–H groups in total. The van der Waals surface area contributed by atoms with Gasteiger partial charge in [-0.1, -0.05) is 0 Å². The van der Waals surface area contributed by atoms with Gasteiger partial charge in [-0.25, -0.2) is 15.0 Å². The Morgan fingerprint density at radius 3 is 2.67 bits per heavy atom. The van der Waals surface area contributed by atoms with Crippen LogP contribution in [0.3, 0.4) is 0 Å². The average Bonchev–Trinajstić information content (AvgIpc) is 3.59. The number of ether oxygens (including phenoxy) is 1. The summed E-state index contributed by atoms with van der Waals surface area (Å²) in [4.78, 5) is 30.1. The summed E-state index contributed by atoms with van der Waals surface area (Å²) in [5, 5.41) is 12.8. The zero-order chi connectivity index (χ0) is 20.6. The van der Waals surface area contributed by atoms with Crippen LogP contribution >= 0.6 is 0 Å². The number of hydrogen-bond acceptors (Lipinski definition) is 8. The first-order valence-electron chi connectivity index (χ1n) is 10.3. The van der Waals surface area contributed by atoms with Crippen LogP contribution in [0.4, 0.5) is 23.1 Å². The van der Waals surface area contributed by atoms with Crippen LogP contribution < -0.4 is 15.1 Å². The second kappa shape index (κ2) is 7.54. The molecule has 1 saturated carbocycles. The zero-order valence-electron chi connectivity index (χ0n) is 16.6. The topological polar surface area (TPSA) is 107 Å². The first-order valence-corrected chi connectivity index (χ1v) is 10.3. The molecule has 1 amide bonds. The van der Waals surface area contributed by atoms with Crippen molar-refractivity contribution >= 4 is 29.0 Å². The van der Waals surface area contributed by atoms with Crippen LogP contribution in [-0.4, -0.2) is 53.7 Å². The number of anilines is 4. The summed E-state index contributed by atoms with van der Waals surface area (Å²) in [7, 11) is 0. The summed E-state index contributed by atoms with van der Waals surface area (Å²) in [6, 6.07) is 5.94. The van der Waals surface area contributed by atoms with E-state index in [1.807, 2.05) is 6.07 Å². The fraction of sp³-hybridized carbons (Fsp3) is 0.476. The van der Waals surface area contributed by atoms with Crippen molar-refractivity contribution in [3.05, 3.63) is 30.7 Å². The summed E-state index contributed by atoms with van der Waals surface area (Å²) < 4.78 is 5.37. The Bertz CT molecular complexity index is 980. The SMILES string of the molecule is N#C[C@@]1(C2CC2)CCN(c2ccnc(Nc3cnc(N4CCOCC4)cn3)c2)C1=O. The maximum absolute atomic E-state index is 13.0. The molecule has 30 heavy (non-hydrogen) atoms. The fourth-order valence-electron chi connectivity index (χ4n) is 4.26. The number of carbonyl (C=O) groups is 1. The van der Waals surface area contributed by atoms with E-state index in [2.05, 4.69) is 31.2 Å². The Balaban J connectivity index is 1.30. The molecule has 9 nitrogen and oxygen atoms in total.